The Morgan fingerprint density at radius 3 is 2.72 bits per heavy atom. The predicted molar refractivity (Wildman–Crippen MR) is 76.9 cm³/mol. The highest BCUT2D eigenvalue weighted by atomic mass is 35.5. The Morgan fingerprint density at radius 1 is 1.11 bits per heavy atom. The fraction of sp³-hybridized carbons (Fsp3) is 0.0769. The van der Waals surface area contributed by atoms with Crippen LogP contribution in [0.15, 0.2) is 41.8 Å². The first-order valence-corrected chi connectivity index (χ1v) is 6.71. The highest BCUT2D eigenvalue weighted by Gasteiger charge is 2.12. The fourth-order valence-corrected chi connectivity index (χ4v) is 2.72. The molecule has 0 N–H and O–H groups in total. The van der Waals surface area contributed by atoms with E-state index in [2.05, 4.69) is 16.0 Å². The van der Waals surface area contributed by atoms with Crippen molar-refractivity contribution in [1.82, 2.24) is 9.97 Å². The van der Waals surface area contributed by atoms with Crippen LogP contribution in [0.25, 0.3) is 10.9 Å². The van der Waals surface area contributed by atoms with Crippen LogP contribution in [0.2, 0.25) is 5.28 Å². The van der Waals surface area contributed by atoms with Crippen molar-refractivity contribution in [2.45, 2.75) is 0 Å². The number of thiophene rings is 1. The number of fused-ring (bicyclic) bond motifs is 1. The van der Waals surface area contributed by atoms with E-state index >= 15 is 0 Å². The maximum atomic E-state index is 5.98. The van der Waals surface area contributed by atoms with Gasteiger partial charge >= 0.3 is 0 Å². The highest BCUT2D eigenvalue weighted by molar-refractivity contribution is 7.14. The summed E-state index contributed by atoms with van der Waals surface area (Å²) in [5.41, 5.74) is 0.857. The summed E-state index contributed by atoms with van der Waals surface area (Å²) in [5, 5.41) is 4.43. The minimum Gasteiger partial charge on any atom is -0.320 e. The van der Waals surface area contributed by atoms with E-state index < -0.39 is 0 Å². The molecule has 5 heteroatoms. The normalized spacial score (nSPS) is 10.8. The largest absolute Gasteiger partial charge is 0.320 e. The third-order valence-corrected chi connectivity index (χ3v) is 3.82. The van der Waals surface area contributed by atoms with Crippen molar-refractivity contribution in [2.24, 2.45) is 0 Å². The van der Waals surface area contributed by atoms with Crippen LogP contribution in [0.1, 0.15) is 0 Å². The first-order chi connectivity index (χ1) is 8.75. The van der Waals surface area contributed by atoms with Gasteiger partial charge in [-0.05, 0) is 41.2 Å². The zero-order valence-corrected chi connectivity index (χ0v) is 11.2. The quantitative estimate of drug-likeness (QED) is 0.659. The lowest BCUT2D eigenvalue weighted by Crippen LogP contribution is -2.10. The second kappa shape index (κ2) is 4.55. The van der Waals surface area contributed by atoms with Gasteiger partial charge in [-0.3, -0.25) is 0 Å². The summed E-state index contributed by atoms with van der Waals surface area (Å²) in [6.45, 7) is 0. The number of rotatable bonds is 2. The molecule has 0 radical (unpaired) electrons. The van der Waals surface area contributed by atoms with E-state index in [-0.39, 0.29) is 5.28 Å². The molecule has 2 aromatic heterocycles. The molecule has 0 saturated carbocycles. The minimum absolute atomic E-state index is 0.270. The van der Waals surface area contributed by atoms with Gasteiger partial charge in [-0.15, -0.1) is 11.3 Å². The number of halogens is 1. The summed E-state index contributed by atoms with van der Waals surface area (Å²) >= 11 is 7.65. The Labute approximate surface area is 114 Å². The third-order valence-electron chi connectivity index (χ3n) is 2.71. The molecule has 0 fully saturated rings. The van der Waals surface area contributed by atoms with Crippen molar-refractivity contribution in [1.29, 1.82) is 0 Å². The molecule has 3 rings (SSSR count). The number of aromatic nitrogens is 2. The fourth-order valence-electron chi connectivity index (χ4n) is 1.85. The second-order valence-corrected chi connectivity index (χ2v) is 5.11. The smallest absolute Gasteiger partial charge is 0.224 e. The van der Waals surface area contributed by atoms with Crippen LogP contribution in [0.5, 0.6) is 0 Å². The van der Waals surface area contributed by atoms with E-state index in [1.54, 1.807) is 11.3 Å². The molecule has 0 atom stereocenters. The van der Waals surface area contributed by atoms with Gasteiger partial charge in [0.05, 0.1) is 10.5 Å². The Bertz CT molecular complexity index is 682. The van der Waals surface area contributed by atoms with Crippen molar-refractivity contribution in [3.63, 3.8) is 0 Å². The van der Waals surface area contributed by atoms with E-state index in [0.717, 1.165) is 21.7 Å². The molecule has 0 bridgehead atoms. The SMILES string of the molecule is CN(c1cccs1)c1nc(Cl)nc2ccccc12. The van der Waals surface area contributed by atoms with Crippen LogP contribution in [0, 0.1) is 0 Å². The number of para-hydroxylation sites is 1. The van der Waals surface area contributed by atoms with Gasteiger partial charge in [0.1, 0.15) is 5.82 Å². The zero-order valence-electron chi connectivity index (χ0n) is 9.67. The maximum absolute atomic E-state index is 5.98. The van der Waals surface area contributed by atoms with Crippen molar-refractivity contribution in [3.8, 4) is 0 Å². The molecule has 90 valence electrons. The molecule has 0 aliphatic rings. The van der Waals surface area contributed by atoms with Crippen LogP contribution in [0.3, 0.4) is 0 Å². The molecule has 0 amide bonds. The van der Waals surface area contributed by atoms with Crippen LogP contribution in [-0.4, -0.2) is 17.0 Å². The van der Waals surface area contributed by atoms with Crippen LogP contribution in [0.4, 0.5) is 10.8 Å². The molecule has 0 aliphatic heterocycles. The predicted octanol–water partition coefficient (Wildman–Crippen LogP) is 4.11. The summed E-state index contributed by atoms with van der Waals surface area (Å²) in [5.74, 6) is 0.827. The van der Waals surface area contributed by atoms with Gasteiger partial charge in [-0.1, -0.05) is 12.1 Å². The Balaban J connectivity index is 2.22. The minimum atomic E-state index is 0.270. The maximum Gasteiger partial charge on any atom is 0.224 e. The molecule has 3 aromatic rings. The van der Waals surface area contributed by atoms with Crippen LogP contribution in [-0.2, 0) is 0 Å². The molecule has 0 spiro atoms. The molecule has 18 heavy (non-hydrogen) atoms. The number of hydrogen-bond acceptors (Lipinski definition) is 4. The Kier molecular flexibility index (Phi) is 2.89. The molecule has 2 heterocycles. The van der Waals surface area contributed by atoms with E-state index in [9.17, 15) is 0 Å². The number of anilines is 2. The van der Waals surface area contributed by atoms with E-state index in [4.69, 9.17) is 11.6 Å². The zero-order chi connectivity index (χ0) is 12.5. The molecular formula is C13H10ClN3S. The van der Waals surface area contributed by atoms with Crippen molar-refractivity contribution < 1.29 is 0 Å². The van der Waals surface area contributed by atoms with Crippen molar-refractivity contribution in [2.75, 3.05) is 11.9 Å². The second-order valence-electron chi connectivity index (χ2n) is 3.84. The summed E-state index contributed by atoms with van der Waals surface area (Å²) in [6.07, 6.45) is 0. The summed E-state index contributed by atoms with van der Waals surface area (Å²) in [6, 6.07) is 11.9. The lowest BCUT2D eigenvalue weighted by atomic mass is 10.2. The number of nitrogens with zero attached hydrogens (tertiary/aromatic N) is 3. The monoisotopic (exact) mass is 275 g/mol. The Hall–Kier alpha value is -1.65. The molecule has 1 aromatic carbocycles. The van der Waals surface area contributed by atoms with E-state index in [1.165, 1.54) is 0 Å². The van der Waals surface area contributed by atoms with Crippen LogP contribution >= 0.6 is 22.9 Å². The lowest BCUT2D eigenvalue weighted by molar-refractivity contribution is 1.12. The third kappa shape index (κ3) is 1.94. The summed E-state index contributed by atoms with van der Waals surface area (Å²) < 4.78 is 0. The lowest BCUT2D eigenvalue weighted by Gasteiger charge is -2.17. The van der Waals surface area contributed by atoms with Gasteiger partial charge in [-0.2, -0.15) is 4.98 Å². The molecule has 0 saturated heterocycles. The standard InChI is InChI=1S/C13H10ClN3S/c1-17(11-7-4-8-18-11)12-9-5-2-3-6-10(9)15-13(14)16-12/h2-8H,1H3. The van der Waals surface area contributed by atoms with Crippen LogP contribution < -0.4 is 4.90 Å². The highest BCUT2D eigenvalue weighted by Crippen LogP contribution is 2.31. The van der Waals surface area contributed by atoms with Gasteiger partial charge in [-0.25, -0.2) is 4.98 Å². The van der Waals surface area contributed by atoms with Gasteiger partial charge in [0, 0.05) is 12.4 Å². The van der Waals surface area contributed by atoms with Gasteiger partial charge in [0.2, 0.25) is 5.28 Å². The summed E-state index contributed by atoms with van der Waals surface area (Å²) in [7, 11) is 1.98. The van der Waals surface area contributed by atoms with E-state index in [0.29, 0.717) is 0 Å². The number of benzene rings is 1. The molecule has 0 aliphatic carbocycles. The first kappa shape index (κ1) is 11.4. The van der Waals surface area contributed by atoms with Gasteiger partial charge < -0.3 is 4.90 Å². The first-order valence-electron chi connectivity index (χ1n) is 5.45. The van der Waals surface area contributed by atoms with Crippen molar-refractivity contribution >= 4 is 44.7 Å². The van der Waals surface area contributed by atoms with Gasteiger partial charge in [0.15, 0.2) is 0 Å². The van der Waals surface area contributed by atoms with Crippen molar-refractivity contribution in [3.05, 3.63) is 47.1 Å². The topological polar surface area (TPSA) is 29.0 Å². The van der Waals surface area contributed by atoms with E-state index in [1.807, 2.05) is 47.7 Å². The number of hydrogen-bond donors (Lipinski definition) is 0. The molecule has 3 nitrogen and oxygen atoms in total. The Morgan fingerprint density at radius 2 is 1.94 bits per heavy atom. The molecular weight excluding hydrogens is 266 g/mol. The molecule has 0 unspecified atom stereocenters. The average molecular weight is 276 g/mol. The van der Waals surface area contributed by atoms with Gasteiger partial charge in [0.25, 0.3) is 0 Å². The average Bonchev–Trinajstić information content (AvgIpc) is 2.90. The summed E-state index contributed by atoms with van der Waals surface area (Å²) in [4.78, 5) is 10.6.